The lowest BCUT2D eigenvalue weighted by molar-refractivity contribution is 0.0255. The number of morpholine rings is 1. The van der Waals surface area contributed by atoms with Crippen molar-refractivity contribution in [2.24, 2.45) is 0 Å². The van der Waals surface area contributed by atoms with E-state index in [2.05, 4.69) is 15.1 Å². The smallest absolute Gasteiger partial charge is 0.0599 e. The molecule has 5 heteroatoms. The first-order chi connectivity index (χ1) is 7.90. The Kier molecular flexibility index (Phi) is 4.99. The fraction of sp³-hybridized carbons (Fsp3) is 1.00. The van der Waals surface area contributed by atoms with Crippen LogP contribution in [0.1, 0.15) is 0 Å². The summed E-state index contributed by atoms with van der Waals surface area (Å²) in [6, 6.07) is 0.301. The third-order valence-electron chi connectivity index (χ3n) is 3.49. The largest absolute Gasteiger partial charge is 0.395 e. The number of hydrogen-bond acceptors (Lipinski definition) is 5. The van der Waals surface area contributed by atoms with E-state index in [1.165, 1.54) is 0 Å². The molecule has 2 heterocycles. The van der Waals surface area contributed by atoms with Crippen molar-refractivity contribution in [3.63, 3.8) is 0 Å². The maximum Gasteiger partial charge on any atom is 0.0599 e. The molecule has 0 bridgehead atoms. The highest BCUT2D eigenvalue weighted by molar-refractivity contribution is 4.80. The Morgan fingerprint density at radius 1 is 1.19 bits per heavy atom. The van der Waals surface area contributed by atoms with Crippen molar-refractivity contribution in [1.82, 2.24) is 15.1 Å². The zero-order chi connectivity index (χ0) is 11.2. The van der Waals surface area contributed by atoms with Gasteiger partial charge in [0.15, 0.2) is 0 Å². The quantitative estimate of drug-likeness (QED) is 0.620. The topological polar surface area (TPSA) is 48.0 Å². The second-order valence-electron chi connectivity index (χ2n) is 4.53. The van der Waals surface area contributed by atoms with Gasteiger partial charge < -0.3 is 15.2 Å². The molecule has 0 amide bonds. The van der Waals surface area contributed by atoms with Crippen LogP contribution in [0.25, 0.3) is 0 Å². The minimum absolute atomic E-state index is 0.260. The van der Waals surface area contributed by atoms with Crippen molar-refractivity contribution < 1.29 is 9.84 Å². The van der Waals surface area contributed by atoms with Crippen LogP contribution in [0.2, 0.25) is 0 Å². The molecule has 2 aliphatic rings. The molecule has 0 aromatic heterocycles. The average Bonchev–Trinajstić information content (AvgIpc) is 2.38. The first-order valence-corrected chi connectivity index (χ1v) is 6.26. The third-order valence-corrected chi connectivity index (χ3v) is 3.49. The van der Waals surface area contributed by atoms with E-state index in [9.17, 15) is 5.11 Å². The lowest BCUT2D eigenvalue weighted by Gasteiger charge is -2.37. The van der Waals surface area contributed by atoms with Crippen LogP contribution in [-0.4, -0.2) is 86.6 Å². The molecule has 2 N–H and O–H groups in total. The van der Waals surface area contributed by atoms with Gasteiger partial charge in [0.2, 0.25) is 0 Å². The zero-order valence-electron chi connectivity index (χ0n) is 9.90. The highest BCUT2D eigenvalue weighted by atomic mass is 16.5. The Hall–Kier alpha value is -0.200. The fourth-order valence-corrected chi connectivity index (χ4v) is 2.37. The van der Waals surface area contributed by atoms with Gasteiger partial charge in [0.05, 0.1) is 19.8 Å². The Bertz CT molecular complexity index is 198. The maximum atomic E-state index is 9.28. The molecule has 1 atom stereocenters. The molecule has 0 aromatic rings. The average molecular weight is 229 g/mol. The van der Waals surface area contributed by atoms with Gasteiger partial charge in [-0.1, -0.05) is 0 Å². The summed E-state index contributed by atoms with van der Waals surface area (Å²) in [7, 11) is 0. The minimum Gasteiger partial charge on any atom is -0.395 e. The summed E-state index contributed by atoms with van der Waals surface area (Å²) in [5.74, 6) is 0. The van der Waals surface area contributed by atoms with E-state index in [4.69, 9.17) is 4.74 Å². The van der Waals surface area contributed by atoms with Crippen LogP contribution in [0.15, 0.2) is 0 Å². The number of aliphatic hydroxyl groups excluding tert-OH is 1. The lowest BCUT2D eigenvalue weighted by Crippen LogP contribution is -2.55. The van der Waals surface area contributed by atoms with Gasteiger partial charge in [-0.15, -0.1) is 0 Å². The predicted molar refractivity (Wildman–Crippen MR) is 62.6 cm³/mol. The maximum absolute atomic E-state index is 9.28. The summed E-state index contributed by atoms with van der Waals surface area (Å²) in [5.41, 5.74) is 0. The van der Waals surface area contributed by atoms with Crippen LogP contribution in [0.3, 0.4) is 0 Å². The van der Waals surface area contributed by atoms with Gasteiger partial charge in [-0.05, 0) is 0 Å². The molecule has 0 saturated carbocycles. The van der Waals surface area contributed by atoms with E-state index in [-0.39, 0.29) is 6.61 Å². The van der Waals surface area contributed by atoms with Crippen molar-refractivity contribution in [3.05, 3.63) is 0 Å². The van der Waals surface area contributed by atoms with E-state index in [1.807, 2.05) is 0 Å². The first kappa shape index (κ1) is 12.3. The Balaban J connectivity index is 1.70. The standard InChI is InChI=1S/C11H23N3O2/c15-10-11-9-12-1-2-14(11)4-3-13-5-7-16-8-6-13/h11-12,15H,1-10H2. The third kappa shape index (κ3) is 3.40. The molecule has 2 aliphatic heterocycles. The van der Waals surface area contributed by atoms with E-state index >= 15 is 0 Å². The van der Waals surface area contributed by atoms with Crippen molar-refractivity contribution in [1.29, 1.82) is 0 Å². The van der Waals surface area contributed by atoms with Crippen LogP contribution >= 0.6 is 0 Å². The van der Waals surface area contributed by atoms with Crippen molar-refractivity contribution >= 4 is 0 Å². The van der Waals surface area contributed by atoms with Crippen LogP contribution in [0.4, 0.5) is 0 Å². The van der Waals surface area contributed by atoms with Gasteiger partial charge in [-0.25, -0.2) is 0 Å². The van der Waals surface area contributed by atoms with E-state index in [0.717, 1.165) is 59.0 Å². The summed E-state index contributed by atoms with van der Waals surface area (Å²) in [6.07, 6.45) is 0. The minimum atomic E-state index is 0.260. The Labute approximate surface area is 97.4 Å². The zero-order valence-corrected chi connectivity index (χ0v) is 9.90. The van der Waals surface area contributed by atoms with Crippen molar-refractivity contribution in [2.75, 3.05) is 65.6 Å². The summed E-state index contributed by atoms with van der Waals surface area (Å²) in [5, 5.41) is 12.6. The molecule has 1 unspecified atom stereocenters. The molecule has 16 heavy (non-hydrogen) atoms. The number of aliphatic hydroxyl groups is 1. The second-order valence-corrected chi connectivity index (χ2v) is 4.53. The van der Waals surface area contributed by atoms with Gasteiger partial charge in [0.25, 0.3) is 0 Å². The molecule has 5 nitrogen and oxygen atoms in total. The number of hydrogen-bond donors (Lipinski definition) is 2. The van der Waals surface area contributed by atoms with E-state index in [0.29, 0.717) is 6.04 Å². The molecule has 2 saturated heterocycles. The molecular formula is C11H23N3O2. The lowest BCUT2D eigenvalue weighted by atomic mass is 10.2. The van der Waals surface area contributed by atoms with Gasteiger partial charge in [-0.2, -0.15) is 0 Å². The summed E-state index contributed by atoms with van der Waals surface area (Å²) < 4.78 is 5.33. The van der Waals surface area contributed by atoms with E-state index in [1.54, 1.807) is 0 Å². The molecule has 2 rings (SSSR count). The van der Waals surface area contributed by atoms with Crippen LogP contribution < -0.4 is 5.32 Å². The molecule has 0 radical (unpaired) electrons. The molecule has 0 aromatic carbocycles. The summed E-state index contributed by atoms with van der Waals surface area (Å²) >= 11 is 0. The fourth-order valence-electron chi connectivity index (χ4n) is 2.37. The number of ether oxygens (including phenoxy) is 1. The summed E-state index contributed by atoms with van der Waals surface area (Å²) in [4.78, 5) is 4.84. The summed E-state index contributed by atoms with van der Waals surface area (Å²) in [6.45, 7) is 9.26. The van der Waals surface area contributed by atoms with Gasteiger partial charge in [-0.3, -0.25) is 9.80 Å². The predicted octanol–water partition coefficient (Wildman–Crippen LogP) is -1.42. The monoisotopic (exact) mass is 229 g/mol. The van der Waals surface area contributed by atoms with Crippen LogP contribution in [0.5, 0.6) is 0 Å². The molecule has 2 fully saturated rings. The Morgan fingerprint density at radius 3 is 2.75 bits per heavy atom. The van der Waals surface area contributed by atoms with Crippen LogP contribution in [-0.2, 0) is 4.74 Å². The van der Waals surface area contributed by atoms with Crippen molar-refractivity contribution in [2.45, 2.75) is 6.04 Å². The number of nitrogens with zero attached hydrogens (tertiary/aromatic N) is 2. The van der Waals surface area contributed by atoms with Crippen molar-refractivity contribution in [3.8, 4) is 0 Å². The number of rotatable bonds is 4. The number of nitrogens with one attached hydrogen (secondary N) is 1. The van der Waals surface area contributed by atoms with Gasteiger partial charge in [0, 0.05) is 51.9 Å². The van der Waals surface area contributed by atoms with Gasteiger partial charge >= 0.3 is 0 Å². The second kappa shape index (κ2) is 6.51. The Morgan fingerprint density at radius 2 is 2.00 bits per heavy atom. The normalized spacial score (nSPS) is 29.4. The molecule has 94 valence electrons. The molecule has 0 spiro atoms. The highest BCUT2D eigenvalue weighted by Crippen LogP contribution is 2.04. The molecular weight excluding hydrogens is 206 g/mol. The molecule has 0 aliphatic carbocycles. The van der Waals surface area contributed by atoms with E-state index < -0.39 is 0 Å². The SMILES string of the molecule is OCC1CNCCN1CCN1CCOCC1. The van der Waals surface area contributed by atoms with Gasteiger partial charge in [0.1, 0.15) is 0 Å². The first-order valence-electron chi connectivity index (χ1n) is 6.26. The number of piperazine rings is 1. The van der Waals surface area contributed by atoms with Crippen LogP contribution in [0, 0.1) is 0 Å². The highest BCUT2D eigenvalue weighted by Gasteiger charge is 2.21.